The van der Waals surface area contributed by atoms with Crippen molar-refractivity contribution >= 4 is 29.3 Å². The lowest BCUT2D eigenvalue weighted by molar-refractivity contribution is 0.0724. The fourth-order valence-corrected chi connectivity index (χ4v) is 2.70. The van der Waals surface area contributed by atoms with Crippen molar-refractivity contribution in [3.05, 3.63) is 65.3 Å². The molecule has 7 nitrogen and oxygen atoms in total. The molecule has 0 aliphatic carbocycles. The average Bonchev–Trinajstić information content (AvgIpc) is 3.18. The molecule has 150 valence electrons. The van der Waals surface area contributed by atoms with Crippen LogP contribution in [-0.4, -0.2) is 30.2 Å². The van der Waals surface area contributed by atoms with Gasteiger partial charge in [-0.05, 0) is 50.2 Å². The molecular weight excluding hydrogens is 394 g/mol. The summed E-state index contributed by atoms with van der Waals surface area (Å²) in [4.78, 5) is 25.8. The van der Waals surface area contributed by atoms with Gasteiger partial charge in [-0.2, -0.15) is 0 Å². The summed E-state index contributed by atoms with van der Waals surface area (Å²) < 4.78 is 10.5. The smallest absolute Gasteiger partial charge is 0.365 e. The van der Waals surface area contributed by atoms with Gasteiger partial charge in [0, 0.05) is 35.4 Å². The Kier molecular flexibility index (Phi) is 6.19. The Morgan fingerprint density at radius 2 is 1.86 bits per heavy atom. The minimum atomic E-state index is -0.652. The Bertz CT molecular complexity index is 1010. The molecule has 29 heavy (non-hydrogen) atoms. The molecule has 0 aliphatic heterocycles. The molecule has 1 N–H and O–H groups in total. The van der Waals surface area contributed by atoms with Gasteiger partial charge >= 0.3 is 12.0 Å². The zero-order valence-electron chi connectivity index (χ0n) is 16.2. The number of nitrogens with one attached hydrogen (secondary N) is 1. The highest BCUT2D eigenvalue weighted by Gasteiger charge is 2.17. The highest BCUT2D eigenvalue weighted by atomic mass is 35.5. The molecule has 0 atom stereocenters. The first-order valence-corrected chi connectivity index (χ1v) is 9.30. The van der Waals surface area contributed by atoms with Gasteiger partial charge in [-0.15, -0.1) is 0 Å². The average molecular weight is 414 g/mol. The topological polar surface area (TPSA) is 84.7 Å². The molecule has 0 saturated heterocycles. The fourth-order valence-electron chi connectivity index (χ4n) is 2.51. The summed E-state index contributed by atoms with van der Waals surface area (Å²) >= 11 is 5.97. The predicted octanol–water partition coefficient (Wildman–Crippen LogP) is 4.77. The largest absolute Gasteiger partial charge is 0.422 e. The minimum absolute atomic E-state index is 0.0319. The number of esters is 1. The highest BCUT2D eigenvalue weighted by molar-refractivity contribution is 6.30. The van der Waals surface area contributed by atoms with Gasteiger partial charge in [-0.3, -0.25) is 4.90 Å². The lowest BCUT2D eigenvalue weighted by Crippen LogP contribution is -2.40. The van der Waals surface area contributed by atoms with Gasteiger partial charge in [0.25, 0.3) is 0 Å². The quantitative estimate of drug-likeness (QED) is 0.481. The third-order valence-corrected chi connectivity index (χ3v) is 4.21. The summed E-state index contributed by atoms with van der Waals surface area (Å²) in [7, 11) is 1.66. The highest BCUT2D eigenvalue weighted by Crippen LogP contribution is 2.24. The summed E-state index contributed by atoms with van der Waals surface area (Å²) in [6, 6.07) is 14.9. The van der Waals surface area contributed by atoms with Gasteiger partial charge in [0.05, 0.1) is 0 Å². The molecule has 2 amide bonds. The van der Waals surface area contributed by atoms with Crippen LogP contribution in [0.25, 0.3) is 11.3 Å². The van der Waals surface area contributed by atoms with E-state index >= 15 is 0 Å². The summed E-state index contributed by atoms with van der Waals surface area (Å²) in [6.07, 6.45) is 0. The Hall–Kier alpha value is -3.32. The minimum Gasteiger partial charge on any atom is -0.422 e. The van der Waals surface area contributed by atoms with Crippen molar-refractivity contribution < 1.29 is 18.8 Å². The maximum absolute atomic E-state index is 12.3. The molecule has 0 radical (unpaired) electrons. The van der Waals surface area contributed by atoms with Gasteiger partial charge in [-0.1, -0.05) is 28.9 Å². The third-order valence-electron chi connectivity index (χ3n) is 3.98. The number of carbonyl (C=O) groups excluding carboxylic acids is 2. The van der Waals surface area contributed by atoms with Crippen LogP contribution in [0.4, 0.5) is 10.5 Å². The van der Waals surface area contributed by atoms with Crippen molar-refractivity contribution in [2.24, 2.45) is 0 Å². The SMILES string of the molecule is CC(C)NC(=O)N(C)c1ccc(OC(=O)c2cc(-c3cccc(Cl)c3)on2)cc1. The molecule has 0 aliphatic rings. The molecule has 0 fully saturated rings. The van der Waals surface area contributed by atoms with Crippen LogP contribution in [0.3, 0.4) is 0 Å². The Balaban J connectivity index is 1.66. The number of anilines is 1. The van der Waals surface area contributed by atoms with Gasteiger partial charge in [0.15, 0.2) is 11.5 Å². The van der Waals surface area contributed by atoms with Crippen LogP contribution in [0.15, 0.2) is 59.1 Å². The number of hydrogen-bond acceptors (Lipinski definition) is 5. The zero-order chi connectivity index (χ0) is 21.0. The van der Waals surface area contributed by atoms with E-state index in [9.17, 15) is 9.59 Å². The molecular formula is C21H20ClN3O4. The number of rotatable bonds is 5. The maximum atomic E-state index is 12.3. The van der Waals surface area contributed by atoms with E-state index in [1.54, 1.807) is 55.6 Å². The van der Waals surface area contributed by atoms with Crippen LogP contribution >= 0.6 is 11.6 Å². The predicted molar refractivity (Wildman–Crippen MR) is 110 cm³/mol. The zero-order valence-corrected chi connectivity index (χ0v) is 16.9. The van der Waals surface area contributed by atoms with E-state index in [2.05, 4.69) is 10.5 Å². The van der Waals surface area contributed by atoms with E-state index in [1.807, 2.05) is 13.8 Å². The van der Waals surface area contributed by atoms with Crippen LogP contribution in [0.5, 0.6) is 5.75 Å². The number of hydrogen-bond donors (Lipinski definition) is 1. The third kappa shape index (κ3) is 5.14. The number of amides is 2. The van der Waals surface area contributed by atoms with Crippen molar-refractivity contribution in [2.45, 2.75) is 19.9 Å². The number of benzene rings is 2. The van der Waals surface area contributed by atoms with Gasteiger partial charge < -0.3 is 14.6 Å². The second-order valence-corrected chi connectivity index (χ2v) is 7.07. The van der Waals surface area contributed by atoms with E-state index in [0.29, 0.717) is 27.8 Å². The second kappa shape index (κ2) is 8.79. The van der Waals surface area contributed by atoms with E-state index in [4.69, 9.17) is 20.9 Å². The summed E-state index contributed by atoms with van der Waals surface area (Å²) in [6.45, 7) is 3.77. The fraction of sp³-hybridized carbons (Fsp3) is 0.190. The van der Waals surface area contributed by atoms with Crippen LogP contribution in [0.1, 0.15) is 24.3 Å². The Morgan fingerprint density at radius 3 is 2.52 bits per heavy atom. The standard InChI is InChI=1S/C21H20ClN3O4/c1-13(2)23-21(27)25(3)16-7-9-17(10-8-16)28-20(26)18-12-19(29-24-18)14-5-4-6-15(22)11-14/h4-13H,1-3H3,(H,23,27). The summed E-state index contributed by atoms with van der Waals surface area (Å²) in [5, 5.41) is 7.12. The summed E-state index contributed by atoms with van der Waals surface area (Å²) in [5.74, 6) is 0.0806. The van der Waals surface area contributed by atoms with E-state index in [1.165, 1.54) is 11.0 Å². The van der Waals surface area contributed by atoms with Gasteiger partial charge in [-0.25, -0.2) is 9.59 Å². The van der Waals surface area contributed by atoms with Gasteiger partial charge in [0.1, 0.15) is 5.75 Å². The molecule has 8 heteroatoms. The molecule has 3 aromatic rings. The second-order valence-electron chi connectivity index (χ2n) is 6.63. The monoisotopic (exact) mass is 413 g/mol. The number of ether oxygens (including phenoxy) is 1. The first kappa shape index (κ1) is 20.4. The van der Waals surface area contributed by atoms with Crippen molar-refractivity contribution in [1.29, 1.82) is 0 Å². The molecule has 1 aromatic heterocycles. The van der Waals surface area contributed by atoms with Crippen molar-refractivity contribution in [3.8, 4) is 17.1 Å². The number of nitrogens with zero attached hydrogens (tertiary/aromatic N) is 2. The number of halogens is 1. The number of aromatic nitrogens is 1. The van der Waals surface area contributed by atoms with Gasteiger partial charge in [0.2, 0.25) is 0 Å². The van der Waals surface area contributed by atoms with Crippen molar-refractivity contribution in [1.82, 2.24) is 10.5 Å². The molecule has 0 unspecified atom stereocenters. The van der Waals surface area contributed by atoms with Crippen LogP contribution in [0.2, 0.25) is 5.02 Å². The van der Waals surface area contributed by atoms with E-state index in [-0.39, 0.29) is 17.8 Å². The summed E-state index contributed by atoms with van der Waals surface area (Å²) in [5.41, 5.74) is 1.40. The Labute approximate surface area is 173 Å². The molecule has 0 bridgehead atoms. The van der Waals surface area contributed by atoms with E-state index < -0.39 is 5.97 Å². The molecule has 3 rings (SSSR count). The lowest BCUT2D eigenvalue weighted by Gasteiger charge is -2.19. The van der Waals surface area contributed by atoms with Crippen molar-refractivity contribution in [2.75, 3.05) is 11.9 Å². The number of carbonyl (C=O) groups is 2. The molecule has 0 spiro atoms. The molecule has 0 saturated carbocycles. The van der Waals surface area contributed by atoms with E-state index in [0.717, 1.165) is 0 Å². The van der Waals surface area contributed by atoms with Crippen molar-refractivity contribution in [3.63, 3.8) is 0 Å². The maximum Gasteiger partial charge on any atom is 0.365 e. The Morgan fingerprint density at radius 1 is 1.14 bits per heavy atom. The van der Waals surface area contributed by atoms with Crippen LogP contribution < -0.4 is 15.0 Å². The van der Waals surface area contributed by atoms with Crippen LogP contribution in [-0.2, 0) is 0 Å². The van der Waals surface area contributed by atoms with Crippen LogP contribution in [0, 0.1) is 0 Å². The molecule has 1 heterocycles. The normalized spacial score (nSPS) is 10.7. The number of urea groups is 1. The first-order chi connectivity index (χ1) is 13.8. The molecule has 2 aromatic carbocycles. The lowest BCUT2D eigenvalue weighted by atomic mass is 10.1. The first-order valence-electron chi connectivity index (χ1n) is 8.92.